The van der Waals surface area contributed by atoms with Crippen molar-refractivity contribution in [2.45, 2.75) is 37.6 Å². The number of nitrogens with two attached hydrogens (primary N) is 1. The molecule has 0 unspecified atom stereocenters. The highest BCUT2D eigenvalue weighted by Crippen LogP contribution is 2.51. The van der Waals surface area contributed by atoms with Crippen LogP contribution in [-0.2, 0) is 5.41 Å². The van der Waals surface area contributed by atoms with E-state index in [9.17, 15) is 0 Å². The van der Waals surface area contributed by atoms with Crippen LogP contribution in [0.15, 0.2) is 12.1 Å². The first kappa shape index (κ1) is 11.2. The second-order valence-electron chi connectivity index (χ2n) is 5.47. The predicted molar refractivity (Wildman–Crippen MR) is 66.8 cm³/mol. The number of fused-ring (bicyclic) bond motifs is 1. The second-order valence-corrected chi connectivity index (χ2v) is 5.88. The lowest BCUT2D eigenvalue weighted by molar-refractivity contribution is 0.174. The average molecular weight is 254 g/mol. The van der Waals surface area contributed by atoms with E-state index in [1.165, 1.54) is 0 Å². The van der Waals surface area contributed by atoms with Crippen LogP contribution in [0.4, 0.5) is 0 Å². The van der Waals surface area contributed by atoms with Gasteiger partial charge < -0.3 is 15.2 Å². The molecule has 1 saturated carbocycles. The Kier molecular flexibility index (Phi) is 2.17. The Morgan fingerprint density at radius 1 is 1.29 bits per heavy atom. The fourth-order valence-electron chi connectivity index (χ4n) is 2.38. The van der Waals surface area contributed by atoms with E-state index in [2.05, 4.69) is 13.8 Å². The molecule has 4 heteroatoms. The van der Waals surface area contributed by atoms with Crippen LogP contribution in [0.5, 0.6) is 11.5 Å². The van der Waals surface area contributed by atoms with Gasteiger partial charge in [0, 0.05) is 11.0 Å². The van der Waals surface area contributed by atoms with Crippen LogP contribution >= 0.6 is 11.6 Å². The van der Waals surface area contributed by atoms with Crippen molar-refractivity contribution in [1.82, 2.24) is 0 Å². The molecule has 1 fully saturated rings. The highest BCUT2D eigenvalue weighted by atomic mass is 35.5. The fraction of sp³-hybridized carbons (Fsp3) is 0.538. The molecule has 0 saturated heterocycles. The number of ether oxygens (including phenoxy) is 2. The van der Waals surface area contributed by atoms with Crippen LogP contribution in [-0.4, -0.2) is 12.3 Å². The van der Waals surface area contributed by atoms with E-state index in [1.54, 1.807) is 0 Å². The molecular weight excluding hydrogens is 238 g/mol. The molecule has 1 aliphatic heterocycles. The van der Waals surface area contributed by atoms with E-state index in [1.807, 2.05) is 12.1 Å². The first-order valence-corrected chi connectivity index (χ1v) is 6.20. The van der Waals surface area contributed by atoms with Gasteiger partial charge in [-0.2, -0.15) is 0 Å². The van der Waals surface area contributed by atoms with Gasteiger partial charge in [0.1, 0.15) is 0 Å². The third-order valence-electron chi connectivity index (χ3n) is 4.18. The first-order valence-electron chi connectivity index (χ1n) is 5.83. The molecule has 0 spiro atoms. The van der Waals surface area contributed by atoms with Gasteiger partial charge in [0.05, 0.1) is 5.02 Å². The van der Waals surface area contributed by atoms with E-state index in [4.69, 9.17) is 26.8 Å². The van der Waals surface area contributed by atoms with Crippen molar-refractivity contribution >= 4 is 11.6 Å². The lowest BCUT2D eigenvalue weighted by Gasteiger charge is -2.32. The molecule has 92 valence electrons. The summed E-state index contributed by atoms with van der Waals surface area (Å²) in [6.07, 6.45) is 2.12. The molecular formula is C13H16ClNO2. The van der Waals surface area contributed by atoms with E-state index in [-0.39, 0.29) is 17.7 Å². The van der Waals surface area contributed by atoms with E-state index in [0.717, 1.165) is 24.2 Å². The Balaban J connectivity index is 2.07. The Labute approximate surface area is 106 Å². The highest BCUT2D eigenvalue weighted by molar-refractivity contribution is 6.32. The summed E-state index contributed by atoms with van der Waals surface area (Å²) in [6.45, 7) is 4.56. The average Bonchev–Trinajstić information content (AvgIpc) is 2.86. The van der Waals surface area contributed by atoms with Crippen LogP contribution in [0.3, 0.4) is 0 Å². The minimum absolute atomic E-state index is 0.0996. The van der Waals surface area contributed by atoms with Gasteiger partial charge in [0.15, 0.2) is 11.5 Å². The molecule has 3 rings (SSSR count). The maximum atomic E-state index is 6.34. The van der Waals surface area contributed by atoms with Gasteiger partial charge in [-0.25, -0.2) is 0 Å². The molecule has 1 aliphatic carbocycles. The maximum absolute atomic E-state index is 6.34. The van der Waals surface area contributed by atoms with Gasteiger partial charge in [-0.3, -0.25) is 0 Å². The Morgan fingerprint density at radius 3 is 2.65 bits per heavy atom. The third kappa shape index (κ3) is 1.53. The monoisotopic (exact) mass is 253 g/mol. The predicted octanol–water partition coefficient (Wildman–Crippen LogP) is 2.84. The Hall–Kier alpha value is -0.930. The molecule has 0 bridgehead atoms. The SMILES string of the molecule is CC(C)(c1cc(Cl)c2c(c1)OCO2)C1(N)CC1. The van der Waals surface area contributed by atoms with Crippen LogP contribution in [0, 0.1) is 0 Å². The Morgan fingerprint density at radius 2 is 2.00 bits per heavy atom. The summed E-state index contributed by atoms with van der Waals surface area (Å²) in [5.74, 6) is 1.37. The summed E-state index contributed by atoms with van der Waals surface area (Å²) in [6, 6.07) is 3.95. The zero-order valence-electron chi connectivity index (χ0n) is 10.0. The van der Waals surface area contributed by atoms with Crippen molar-refractivity contribution in [2.24, 2.45) is 5.73 Å². The quantitative estimate of drug-likeness (QED) is 0.882. The molecule has 0 aromatic heterocycles. The van der Waals surface area contributed by atoms with Crippen molar-refractivity contribution in [2.75, 3.05) is 6.79 Å². The molecule has 0 atom stereocenters. The lowest BCUT2D eigenvalue weighted by atomic mass is 9.76. The molecule has 1 heterocycles. The van der Waals surface area contributed by atoms with Crippen LogP contribution in [0.25, 0.3) is 0 Å². The molecule has 1 aromatic carbocycles. The molecule has 3 nitrogen and oxygen atoms in total. The summed E-state index contributed by atoms with van der Waals surface area (Å²) in [5.41, 5.74) is 7.25. The van der Waals surface area contributed by atoms with Crippen molar-refractivity contribution in [3.8, 4) is 11.5 Å². The molecule has 2 aliphatic rings. The van der Waals surface area contributed by atoms with Gasteiger partial charge in [-0.05, 0) is 30.5 Å². The molecule has 0 amide bonds. The van der Waals surface area contributed by atoms with E-state index in [0.29, 0.717) is 10.8 Å². The minimum Gasteiger partial charge on any atom is -0.454 e. The number of hydrogen-bond donors (Lipinski definition) is 1. The topological polar surface area (TPSA) is 44.5 Å². The number of benzene rings is 1. The Bertz CT molecular complexity index is 481. The third-order valence-corrected chi connectivity index (χ3v) is 4.46. The van der Waals surface area contributed by atoms with Gasteiger partial charge in [-0.1, -0.05) is 25.4 Å². The fourth-order valence-corrected chi connectivity index (χ4v) is 2.64. The van der Waals surface area contributed by atoms with Gasteiger partial charge in [-0.15, -0.1) is 0 Å². The largest absolute Gasteiger partial charge is 0.454 e. The number of hydrogen-bond acceptors (Lipinski definition) is 3. The summed E-state index contributed by atoms with van der Waals surface area (Å²) >= 11 is 6.21. The van der Waals surface area contributed by atoms with Gasteiger partial charge in [0.25, 0.3) is 0 Å². The smallest absolute Gasteiger partial charge is 0.231 e. The molecule has 1 aromatic rings. The van der Waals surface area contributed by atoms with Crippen molar-refractivity contribution < 1.29 is 9.47 Å². The normalized spacial score (nSPS) is 20.5. The summed E-state index contributed by atoms with van der Waals surface area (Å²) < 4.78 is 10.7. The van der Waals surface area contributed by atoms with E-state index >= 15 is 0 Å². The molecule has 17 heavy (non-hydrogen) atoms. The highest BCUT2D eigenvalue weighted by Gasteiger charge is 2.52. The minimum atomic E-state index is -0.107. The number of halogens is 1. The molecule has 0 radical (unpaired) electrons. The summed E-state index contributed by atoms with van der Waals surface area (Å²) in [5, 5.41) is 0.604. The lowest BCUT2D eigenvalue weighted by Crippen LogP contribution is -2.43. The van der Waals surface area contributed by atoms with Crippen molar-refractivity contribution in [3.05, 3.63) is 22.7 Å². The van der Waals surface area contributed by atoms with Crippen LogP contribution in [0.2, 0.25) is 5.02 Å². The number of rotatable bonds is 2. The van der Waals surface area contributed by atoms with E-state index < -0.39 is 0 Å². The summed E-state index contributed by atoms with van der Waals surface area (Å²) in [7, 11) is 0. The first-order chi connectivity index (χ1) is 7.94. The zero-order chi connectivity index (χ0) is 12.3. The zero-order valence-corrected chi connectivity index (χ0v) is 10.8. The van der Waals surface area contributed by atoms with Crippen molar-refractivity contribution in [1.29, 1.82) is 0 Å². The van der Waals surface area contributed by atoms with Crippen molar-refractivity contribution in [3.63, 3.8) is 0 Å². The standard InChI is InChI=1S/C13H16ClNO2/c1-12(2,13(15)3-4-13)8-5-9(14)11-10(6-8)16-7-17-11/h5-6H,3-4,7,15H2,1-2H3. The maximum Gasteiger partial charge on any atom is 0.231 e. The molecule has 2 N–H and O–H groups in total. The summed E-state index contributed by atoms with van der Waals surface area (Å²) in [4.78, 5) is 0. The van der Waals surface area contributed by atoms with Crippen LogP contribution in [0.1, 0.15) is 32.3 Å². The van der Waals surface area contributed by atoms with Crippen LogP contribution < -0.4 is 15.2 Å². The van der Waals surface area contributed by atoms with Gasteiger partial charge >= 0.3 is 0 Å². The van der Waals surface area contributed by atoms with Gasteiger partial charge in [0.2, 0.25) is 6.79 Å². The second kappa shape index (κ2) is 3.30.